The van der Waals surface area contributed by atoms with Crippen molar-refractivity contribution in [1.29, 1.82) is 0 Å². The van der Waals surface area contributed by atoms with Crippen molar-refractivity contribution in [3.05, 3.63) is 58.6 Å². The van der Waals surface area contributed by atoms with Crippen LogP contribution in [0.2, 0.25) is 0 Å². The number of aromatic nitrogens is 2. The molecule has 2 rings (SSSR count). The Morgan fingerprint density at radius 3 is 2.82 bits per heavy atom. The van der Waals surface area contributed by atoms with Crippen LogP contribution < -0.4 is 10.9 Å². The smallest absolute Gasteiger partial charge is 0.326 e. The highest BCUT2D eigenvalue weighted by molar-refractivity contribution is 5.69. The normalized spacial score (nSPS) is 10.2. The number of ether oxygens (including phenoxy) is 1. The first-order valence-corrected chi connectivity index (χ1v) is 7.19. The maximum atomic E-state index is 12.2. The topological polar surface area (TPSA) is 73.2 Å². The van der Waals surface area contributed by atoms with E-state index in [4.69, 9.17) is 4.74 Å². The lowest BCUT2D eigenvalue weighted by atomic mass is 10.1. The molecule has 0 saturated heterocycles. The SMILES string of the molecule is CCOC(=O)Cn1ccnc(NCCc2ccccc2)c1=O. The maximum absolute atomic E-state index is 12.2. The molecule has 1 N–H and O–H groups in total. The van der Waals surface area contributed by atoms with E-state index in [0.717, 1.165) is 6.42 Å². The van der Waals surface area contributed by atoms with Gasteiger partial charge in [0.2, 0.25) is 0 Å². The average Bonchev–Trinajstić information content (AvgIpc) is 2.52. The molecule has 0 aliphatic heterocycles. The molecule has 0 radical (unpaired) electrons. The maximum Gasteiger partial charge on any atom is 0.326 e. The Morgan fingerprint density at radius 1 is 1.32 bits per heavy atom. The van der Waals surface area contributed by atoms with Gasteiger partial charge >= 0.3 is 5.97 Å². The van der Waals surface area contributed by atoms with Crippen molar-refractivity contribution < 1.29 is 9.53 Å². The molecule has 0 saturated carbocycles. The lowest BCUT2D eigenvalue weighted by Crippen LogP contribution is -2.28. The molecule has 1 heterocycles. The minimum absolute atomic E-state index is 0.109. The molecular formula is C16H19N3O3. The summed E-state index contributed by atoms with van der Waals surface area (Å²) in [6.45, 7) is 2.50. The van der Waals surface area contributed by atoms with Crippen molar-refractivity contribution in [2.75, 3.05) is 18.5 Å². The lowest BCUT2D eigenvalue weighted by Gasteiger charge is -2.08. The fraction of sp³-hybridized carbons (Fsp3) is 0.312. The van der Waals surface area contributed by atoms with Crippen molar-refractivity contribution >= 4 is 11.8 Å². The van der Waals surface area contributed by atoms with Gasteiger partial charge in [-0.15, -0.1) is 0 Å². The van der Waals surface area contributed by atoms with Crippen LogP contribution in [0.25, 0.3) is 0 Å². The van der Waals surface area contributed by atoms with Crippen LogP contribution in [0.5, 0.6) is 0 Å². The van der Waals surface area contributed by atoms with Gasteiger partial charge in [-0.05, 0) is 18.9 Å². The molecule has 2 aromatic rings. The highest BCUT2D eigenvalue weighted by atomic mass is 16.5. The summed E-state index contributed by atoms with van der Waals surface area (Å²) >= 11 is 0. The number of carbonyl (C=O) groups is 1. The fourth-order valence-corrected chi connectivity index (χ4v) is 2.01. The zero-order valence-electron chi connectivity index (χ0n) is 12.5. The van der Waals surface area contributed by atoms with Gasteiger partial charge in [-0.3, -0.25) is 14.2 Å². The quantitative estimate of drug-likeness (QED) is 0.784. The molecule has 1 aromatic heterocycles. The molecule has 0 unspecified atom stereocenters. The van der Waals surface area contributed by atoms with Crippen molar-refractivity contribution in [3.8, 4) is 0 Å². The van der Waals surface area contributed by atoms with E-state index in [1.54, 1.807) is 6.92 Å². The van der Waals surface area contributed by atoms with Crippen LogP contribution in [0.4, 0.5) is 5.82 Å². The summed E-state index contributed by atoms with van der Waals surface area (Å²) in [6, 6.07) is 9.97. The van der Waals surface area contributed by atoms with E-state index in [2.05, 4.69) is 10.3 Å². The molecule has 0 amide bonds. The summed E-state index contributed by atoms with van der Waals surface area (Å²) < 4.78 is 6.13. The Kier molecular flexibility index (Phi) is 5.71. The van der Waals surface area contributed by atoms with Crippen LogP contribution in [-0.2, 0) is 22.5 Å². The van der Waals surface area contributed by atoms with Gasteiger partial charge in [-0.2, -0.15) is 0 Å². The van der Waals surface area contributed by atoms with E-state index in [0.29, 0.717) is 13.2 Å². The highest BCUT2D eigenvalue weighted by Gasteiger charge is 2.08. The number of rotatable bonds is 7. The van der Waals surface area contributed by atoms with Gasteiger partial charge in [0, 0.05) is 18.9 Å². The summed E-state index contributed by atoms with van der Waals surface area (Å²) in [6.07, 6.45) is 3.75. The molecule has 0 bridgehead atoms. The molecule has 0 aliphatic carbocycles. The van der Waals surface area contributed by atoms with Gasteiger partial charge in [-0.25, -0.2) is 4.98 Å². The zero-order chi connectivity index (χ0) is 15.8. The van der Waals surface area contributed by atoms with Crippen LogP contribution in [0.15, 0.2) is 47.5 Å². The van der Waals surface area contributed by atoms with Gasteiger partial charge in [-0.1, -0.05) is 30.3 Å². The van der Waals surface area contributed by atoms with Gasteiger partial charge < -0.3 is 10.1 Å². The summed E-state index contributed by atoms with van der Waals surface area (Å²) in [5.74, 6) is -0.200. The molecule has 0 aliphatic rings. The van der Waals surface area contributed by atoms with E-state index in [9.17, 15) is 9.59 Å². The molecule has 6 nitrogen and oxygen atoms in total. The molecule has 116 valence electrons. The number of esters is 1. The Hall–Kier alpha value is -2.63. The largest absolute Gasteiger partial charge is 0.465 e. The Balaban J connectivity index is 1.97. The third-order valence-corrected chi connectivity index (χ3v) is 3.07. The molecular weight excluding hydrogens is 282 g/mol. The van der Waals surface area contributed by atoms with Crippen LogP contribution >= 0.6 is 0 Å². The number of anilines is 1. The molecule has 0 fully saturated rings. The Morgan fingerprint density at radius 2 is 2.09 bits per heavy atom. The molecule has 6 heteroatoms. The van der Waals surface area contributed by atoms with Crippen molar-refractivity contribution in [3.63, 3.8) is 0 Å². The van der Waals surface area contributed by atoms with E-state index < -0.39 is 5.97 Å². The minimum Gasteiger partial charge on any atom is -0.465 e. The van der Waals surface area contributed by atoms with E-state index in [1.165, 1.54) is 22.5 Å². The molecule has 0 atom stereocenters. The Bertz CT molecular complexity index is 668. The number of benzene rings is 1. The monoisotopic (exact) mass is 301 g/mol. The first-order valence-electron chi connectivity index (χ1n) is 7.19. The minimum atomic E-state index is -0.439. The molecule has 22 heavy (non-hydrogen) atoms. The second kappa shape index (κ2) is 7.97. The summed E-state index contributed by atoms with van der Waals surface area (Å²) in [5.41, 5.74) is 0.849. The number of nitrogens with zero attached hydrogens (tertiary/aromatic N) is 2. The Labute approximate surface area is 128 Å². The van der Waals surface area contributed by atoms with Gasteiger partial charge in [0.15, 0.2) is 5.82 Å². The number of hydrogen-bond donors (Lipinski definition) is 1. The number of carbonyl (C=O) groups excluding carboxylic acids is 1. The van der Waals surface area contributed by atoms with Crippen LogP contribution in [0.3, 0.4) is 0 Å². The predicted molar refractivity (Wildman–Crippen MR) is 83.8 cm³/mol. The van der Waals surface area contributed by atoms with E-state index in [-0.39, 0.29) is 17.9 Å². The summed E-state index contributed by atoms with van der Waals surface area (Å²) in [7, 11) is 0. The third-order valence-electron chi connectivity index (χ3n) is 3.07. The summed E-state index contributed by atoms with van der Waals surface area (Å²) in [5, 5.41) is 3.01. The summed E-state index contributed by atoms with van der Waals surface area (Å²) in [4.78, 5) is 27.7. The van der Waals surface area contributed by atoms with Gasteiger partial charge in [0.25, 0.3) is 5.56 Å². The molecule has 1 aromatic carbocycles. The average molecular weight is 301 g/mol. The first kappa shape index (κ1) is 15.8. The second-order valence-corrected chi connectivity index (χ2v) is 4.68. The van der Waals surface area contributed by atoms with E-state index in [1.807, 2.05) is 30.3 Å². The number of hydrogen-bond acceptors (Lipinski definition) is 5. The van der Waals surface area contributed by atoms with E-state index >= 15 is 0 Å². The second-order valence-electron chi connectivity index (χ2n) is 4.68. The van der Waals surface area contributed by atoms with Crippen molar-refractivity contribution in [1.82, 2.24) is 9.55 Å². The van der Waals surface area contributed by atoms with Crippen molar-refractivity contribution in [2.45, 2.75) is 19.9 Å². The van der Waals surface area contributed by atoms with Crippen molar-refractivity contribution in [2.24, 2.45) is 0 Å². The first-order chi connectivity index (χ1) is 10.7. The number of nitrogens with one attached hydrogen (secondary N) is 1. The van der Waals surface area contributed by atoms with Crippen LogP contribution in [0, 0.1) is 0 Å². The fourth-order valence-electron chi connectivity index (χ4n) is 2.01. The predicted octanol–water partition coefficient (Wildman–Crippen LogP) is 1.46. The standard InChI is InChI=1S/C16H19N3O3/c1-2-22-14(20)12-19-11-10-18-15(16(19)21)17-9-8-13-6-4-3-5-7-13/h3-7,10-11H,2,8-9,12H2,1H3,(H,17,18). The van der Waals surface area contributed by atoms with Crippen LogP contribution in [0.1, 0.15) is 12.5 Å². The zero-order valence-corrected chi connectivity index (χ0v) is 12.5. The van der Waals surface area contributed by atoms with Crippen LogP contribution in [-0.4, -0.2) is 28.7 Å². The highest BCUT2D eigenvalue weighted by Crippen LogP contribution is 2.00. The van der Waals surface area contributed by atoms with Gasteiger partial charge in [0.1, 0.15) is 6.54 Å². The molecule has 0 spiro atoms. The third kappa shape index (κ3) is 4.44. The van der Waals surface area contributed by atoms with Gasteiger partial charge in [0.05, 0.1) is 6.61 Å². The lowest BCUT2D eigenvalue weighted by molar-refractivity contribution is -0.143.